The molecule has 2 aromatic rings. The lowest BCUT2D eigenvalue weighted by atomic mass is 9.98. The Bertz CT molecular complexity index is 617. The summed E-state index contributed by atoms with van der Waals surface area (Å²) in [7, 11) is 1.76. The molecule has 1 unspecified atom stereocenters. The average molecular weight is 316 g/mol. The Hall–Kier alpha value is -1.16. The number of hydrogen-bond donors (Lipinski definition) is 1. The summed E-state index contributed by atoms with van der Waals surface area (Å²) in [4.78, 5) is 0. The summed E-state index contributed by atoms with van der Waals surface area (Å²) in [5.74, 6) is -0.734. The molecule has 1 nitrogen and oxygen atoms in total. The van der Waals surface area contributed by atoms with Crippen molar-refractivity contribution in [3.05, 3.63) is 69.2 Å². The van der Waals surface area contributed by atoms with E-state index in [2.05, 4.69) is 5.32 Å². The molecular weight excluding hydrogens is 303 g/mol. The predicted molar refractivity (Wildman–Crippen MR) is 78.3 cm³/mol. The molecule has 0 saturated carbocycles. The third kappa shape index (κ3) is 3.48. The molecule has 0 aliphatic heterocycles. The van der Waals surface area contributed by atoms with Gasteiger partial charge in [-0.25, -0.2) is 8.78 Å². The molecule has 106 valence electrons. The van der Waals surface area contributed by atoms with Gasteiger partial charge in [0.25, 0.3) is 0 Å². The minimum absolute atomic E-state index is 0.178. The van der Waals surface area contributed by atoms with Gasteiger partial charge in [-0.05, 0) is 54.9 Å². The number of rotatable bonds is 4. The van der Waals surface area contributed by atoms with E-state index in [0.29, 0.717) is 22.0 Å². The molecule has 0 heterocycles. The molecule has 0 spiro atoms. The lowest BCUT2D eigenvalue weighted by Gasteiger charge is -2.19. The van der Waals surface area contributed by atoms with E-state index in [4.69, 9.17) is 23.2 Å². The van der Waals surface area contributed by atoms with E-state index < -0.39 is 5.82 Å². The summed E-state index contributed by atoms with van der Waals surface area (Å²) in [6.07, 6.45) is 0.457. The number of likely N-dealkylation sites (N-methyl/N-ethyl adjacent to an activating group) is 1. The number of nitrogens with one attached hydrogen (secondary N) is 1. The first kappa shape index (κ1) is 15.2. The van der Waals surface area contributed by atoms with Crippen LogP contribution in [0.2, 0.25) is 10.0 Å². The Morgan fingerprint density at radius 1 is 1.00 bits per heavy atom. The van der Waals surface area contributed by atoms with Crippen LogP contribution in [0.4, 0.5) is 8.78 Å². The molecule has 1 atom stereocenters. The minimum atomic E-state index is -0.391. The largest absolute Gasteiger partial charge is 0.313 e. The Kier molecular flexibility index (Phi) is 4.97. The summed E-state index contributed by atoms with van der Waals surface area (Å²) in [5, 5.41) is 3.91. The van der Waals surface area contributed by atoms with Crippen LogP contribution in [-0.2, 0) is 6.42 Å². The van der Waals surface area contributed by atoms with Gasteiger partial charge in [0.2, 0.25) is 0 Å². The van der Waals surface area contributed by atoms with E-state index in [-0.39, 0.29) is 11.9 Å². The fourth-order valence-corrected chi connectivity index (χ4v) is 2.56. The second-order valence-electron chi connectivity index (χ2n) is 4.45. The van der Waals surface area contributed by atoms with E-state index >= 15 is 0 Å². The normalized spacial score (nSPS) is 12.4. The molecule has 0 fully saturated rings. The van der Waals surface area contributed by atoms with Gasteiger partial charge in [0.15, 0.2) is 0 Å². The van der Waals surface area contributed by atoms with Crippen LogP contribution in [0.25, 0.3) is 0 Å². The van der Waals surface area contributed by atoms with E-state index in [9.17, 15) is 8.78 Å². The zero-order valence-corrected chi connectivity index (χ0v) is 12.3. The van der Waals surface area contributed by atoms with Gasteiger partial charge in [0, 0.05) is 16.1 Å². The monoisotopic (exact) mass is 315 g/mol. The fraction of sp³-hybridized carbons (Fsp3) is 0.200. The van der Waals surface area contributed by atoms with Crippen molar-refractivity contribution in [3.63, 3.8) is 0 Å². The van der Waals surface area contributed by atoms with Crippen LogP contribution in [0.15, 0.2) is 36.4 Å². The predicted octanol–water partition coefficient (Wildman–Crippen LogP) is 4.77. The van der Waals surface area contributed by atoms with Crippen LogP contribution in [0.1, 0.15) is 17.2 Å². The Morgan fingerprint density at radius 3 is 2.30 bits per heavy atom. The van der Waals surface area contributed by atoms with Gasteiger partial charge in [-0.15, -0.1) is 0 Å². The number of hydrogen-bond acceptors (Lipinski definition) is 1. The van der Waals surface area contributed by atoms with Gasteiger partial charge in [0.1, 0.15) is 11.6 Å². The minimum Gasteiger partial charge on any atom is -0.313 e. The van der Waals surface area contributed by atoms with Crippen LogP contribution >= 0.6 is 23.2 Å². The van der Waals surface area contributed by atoms with E-state index in [1.165, 1.54) is 30.3 Å². The molecule has 0 bridgehead atoms. The highest BCUT2D eigenvalue weighted by molar-refractivity contribution is 6.31. The topological polar surface area (TPSA) is 12.0 Å². The van der Waals surface area contributed by atoms with Gasteiger partial charge >= 0.3 is 0 Å². The lowest BCUT2D eigenvalue weighted by Crippen LogP contribution is -2.19. The molecule has 0 aliphatic rings. The van der Waals surface area contributed by atoms with Gasteiger partial charge in [-0.3, -0.25) is 0 Å². The van der Waals surface area contributed by atoms with Crippen molar-refractivity contribution in [2.75, 3.05) is 7.05 Å². The molecule has 0 saturated heterocycles. The first-order valence-electron chi connectivity index (χ1n) is 6.07. The maximum atomic E-state index is 13.3. The smallest absolute Gasteiger partial charge is 0.124 e. The SMILES string of the molecule is CNC(Cc1cc(F)ccc1Cl)c1ccc(F)cc1Cl. The summed E-state index contributed by atoms with van der Waals surface area (Å²) in [6.45, 7) is 0. The maximum absolute atomic E-state index is 13.3. The Labute approximate surface area is 126 Å². The van der Waals surface area contributed by atoms with Gasteiger partial charge in [0.05, 0.1) is 0 Å². The van der Waals surface area contributed by atoms with Crippen LogP contribution in [0, 0.1) is 11.6 Å². The van der Waals surface area contributed by atoms with Gasteiger partial charge in [-0.2, -0.15) is 0 Å². The molecular formula is C15H13Cl2F2N. The molecule has 20 heavy (non-hydrogen) atoms. The van der Waals surface area contributed by atoms with Crippen molar-refractivity contribution in [2.24, 2.45) is 0 Å². The Morgan fingerprint density at radius 2 is 1.65 bits per heavy atom. The van der Waals surface area contributed by atoms with E-state index in [1.54, 1.807) is 13.1 Å². The lowest BCUT2D eigenvalue weighted by molar-refractivity contribution is 0.580. The molecule has 0 amide bonds. The second kappa shape index (κ2) is 6.53. The highest BCUT2D eigenvalue weighted by Crippen LogP contribution is 2.28. The zero-order chi connectivity index (χ0) is 14.7. The zero-order valence-electron chi connectivity index (χ0n) is 10.8. The molecule has 2 aromatic carbocycles. The van der Waals surface area contributed by atoms with Crippen molar-refractivity contribution >= 4 is 23.2 Å². The van der Waals surface area contributed by atoms with Gasteiger partial charge < -0.3 is 5.32 Å². The summed E-state index contributed by atoms with van der Waals surface area (Å²) in [5.41, 5.74) is 1.42. The molecule has 1 N–H and O–H groups in total. The molecule has 0 aliphatic carbocycles. The van der Waals surface area contributed by atoms with Crippen LogP contribution < -0.4 is 5.32 Å². The van der Waals surface area contributed by atoms with Crippen molar-refractivity contribution in [3.8, 4) is 0 Å². The quantitative estimate of drug-likeness (QED) is 0.856. The van der Waals surface area contributed by atoms with Gasteiger partial charge in [-0.1, -0.05) is 29.3 Å². The van der Waals surface area contributed by atoms with Crippen LogP contribution in [0.5, 0.6) is 0 Å². The number of halogens is 4. The van der Waals surface area contributed by atoms with Crippen molar-refractivity contribution < 1.29 is 8.78 Å². The third-order valence-corrected chi connectivity index (χ3v) is 3.81. The van der Waals surface area contributed by atoms with Crippen LogP contribution in [0.3, 0.4) is 0 Å². The Balaban J connectivity index is 2.31. The first-order valence-corrected chi connectivity index (χ1v) is 6.83. The highest BCUT2D eigenvalue weighted by atomic mass is 35.5. The maximum Gasteiger partial charge on any atom is 0.124 e. The highest BCUT2D eigenvalue weighted by Gasteiger charge is 2.16. The molecule has 5 heteroatoms. The second-order valence-corrected chi connectivity index (χ2v) is 5.26. The van der Waals surface area contributed by atoms with Crippen molar-refractivity contribution in [1.82, 2.24) is 5.32 Å². The molecule has 0 aromatic heterocycles. The summed E-state index contributed by atoms with van der Waals surface area (Å²) in [6, 6.07) is 8.27. The van der Waals surface area contributed by atoms with Crippen LogP contribution in [-0.4, -0.2) is 7.05 Å². The van der Waals surface area contributed by atoms with Crippen molar-refractivity contribution in [1.29, 1.82) is 0 Å². The summed E-state index contributed by atoms with van der Waals surface area (Å²) >= 11 is 12.1. The average Bonchev–Trinajstić information content (AvgIpc) is 2.40. The molecule has 2 rings (SSSR count). The fourth-order valence-electron chi connectivity index (χ4n) is 2.07. The molecule has 0 radical (unpaired) electrons. The third-order valence-electron chi connectivity index (χ3n) is 3.12. The standard InChI is InChI=1S/C15H13Cl2F2N/c1-20-15(12-4-2-11(19)8-14(12)17)7-9-6-10(18)3-5-13(9)16/h2-6,8,15,20H,7H2,1H3. The first-order chi connectivity index (χ1) is 9.51. The van der Waals surface area contributed by atoms with E-state index in [0.717, 1.165) is 5.56 Å². The van der Waals surface area contributed by atoms with Crippen molar-refractivity contribution in [2.45, 2.75) is 12.5 Å². The van der Waals surface area contributed by atoms with E-state index in [1.807, 2.05) is 0 Å². The summed E-state index contributed by atoms with van der Waals surface area (Å²) < 4.78 is 26.4. The number of benzene rings is 2.